The third kappa shape index (κ3) is 37.9. The van der Waals surface area contributed by atoms with Gasteiger partial charge in [-0.3, -0.25) is 67.0 Å². The van der Waals surface area contributed by atoms with Crippen molar-refractivity contribution in [2.45, 2.75) is 234 Å². The van der Waals surface area contributed by atoms with E-state index in [0.29, 0.717) is 98.3 Å². The van der Waals surface area contributed by atoms with Gasteiger partial charge in [-0.05, 0) is 184 Å². The molecule has 0 bridgehead atoms. The number of rotatable bonds is 31. The number of non-ortho nitro benzene ring substituents is 1. The first-order valence-electron chi connectivity index (χ1n) is 43.6. The number of quaternary nitrogens is 1. The van der Waals surface area contributed by atoms with Gasteiger partial charge in [-0.25, -0.2) is 74.6 Å². The molecule has 5 aliphatic rings. The zero-order chi connectivity index (χ0) is 104. The summed E-state index contributed by atoms with van der Waals surface area (Å²) in [5, 5.41) is 70.6. The molecule has 146 heavy (non-hydrogen) atoms. The van der Waals surface area contributed by atoms with Crippen LogP contribution in [0.1, 0.15) is 201 Å². The first-order chi connectivity index (χ1) is 66.9. The summed E-state index contributed by atoms with van der Waals surface area (Å²) in [7, 11) is -17.8. The number of nitrogens with two attached hydrogens (primary N) is 2. The number of nitrogens with one attached hydrogen (secondary N) is 7. The van der Waals surface area contributed by atoms with Gasteiger partial charge < -0.3 is 46.4 Å². The second-order valence-corrected chi connectivity index (χ2v) is 54.0. The molecule has 6 unspecified atom stereocenters. The van der Waals surface area contributed by atoms with E-state index in [1.54, 1.807) is 77.7 Å². The van der Waals surface area contributed by atoms with E-state index in [9.17, 15) is 94.6 Å². The number of amides is 1. The van der Waals surface area contributed by atoms with Crippen molar-refractivity contribution < 1.29 is 139 Å². The molecular formula is C88H118ClI3IrN20O27S6. The number of fused-ring (bicyclic) bond motifs is 5. The molecule has 6 atom stereocenters. The number of carboxylic acid groups (broad SMARTS) is 2. The Balaban J connectivity index is 0.000000309. The average molecular weight is 2690 g/mol. The van der Waals surface area contributed by atoms with Crippen molar-refractivity contribution in [2.75, 3.05) is 41.8 Å². The number of alkyl halides is 3. The number of benzene rings is 5. The van der Waals surface area contributed by atoms with E-state index in [-0.39, 0.29) is 153 Å². The minimum Gasteiger partial charge on any atom is -0.595 e. The Hall–Kier alpha value is -9.52. The summed E-state index contributed by atoms with van der Waals surface area (Å²) in [5.74, 6) is -3.32. The third-order valence-electron chi connectivity index (χ3n) is 21.7. The zero-order valence-corrected chi connectivity index (χ0v) is 91.7. The summed E-state index contributed by atoms with van der Waals surface area (Å²) in [4.78, 5) is 77.2. The molecule has 5 aliphatic carbocycles. The molecule has 1 amide bonds. The quantitative estimate of drug-likeness (QED) is 0.00281. The number of nitrogen functional groups attached to an aromatic ring is 1. The molecule has 0 saturated heterocycles. The minimum absolute atomic E-state index is 0. The number of aliphatic carboxylic acids is 2. The molecule has 5 heterocycles. The number of nitro groups is 1. The number of nitrogens with zero attached hydrogens (tertiary/aromatic N) is 11. The smallest absolute Gasteiger partial charge is 0.327 e. The Morgan fingerprint density at radius 1 is 0.479 bits per heavy atom. The number of halogens is 4. The largest absolute Gasteiger partial charge is 0.595 e. The topological polar surface area (TPSA) is 680 Å². The number of aromatic nitrogens is 10. The Morgan fingerprint density at radius 3 is 1.11 bits per heavy atom. The van der Waals surface area contributed by atoms with Crippen LogP contribution >= 0.6 is 78.5 Å². The molecule has 5 aromatic heterocycles. The molecule has 0 fully saturated rings. The number of hydrogen-bond donors (Lipinski definition) is 12. The molecule has 47 nitrogen and oxygen atoms in total. The van der Waals surface area contributed by atoms with Crippen molar-refractivity contribution in [3.05, 3.63) is 224 Å². The number of anilines is 3. The molecule has 805 valence electrons. The molecule has 1 radical (unpaired) electrons. The summed E-state index contributed by atoms with van der Waals surface area (Å²) in [6.45, 7) is 7.26. The van der Waals surface area contributed by atoms with Crippen LogP contribution in [0.3, 0.4) is 0 Å². The molecule has 0 spiro atoms. The maximum atomic E-state index is 12.8. The Labute approximate surface area is 905 Å². The number of ether oxygens (including phenoxy) is 3. The van der Waals surface area contributed by atoms with Crippen LogP contribution in [-0.4, -0.2) is 182 Å². The number of sulfonamides is 5. The molecule has 10 aromatic rings. The van der Waals surface area contributed by atoms with Crippen LogP contribution in [0, 0.1) is 15.3 Å². The first kappa shape index (κ1) is 127. The van der Waals surface area contributed by atoms with Crippen LogP contribution in [0.15, 0.2) is 177 Å². The monoisotopic (exact) mass is 2690 g/mol. The predicted octanol–water partition coefficient (Wildman–Crippen LogP) is 10.4. The van der Waals surface area contributed by atoms with E-state index in [2.05, 4.69) is 122 Å². The number of carboxylic acids is 2. The van der Waals surface area contributed by atoms with Crippen molar-refractivity contribution in [3.8, 4) is 0 Å². The molecule has 15 rings (SSSR count). The second kappa shape index (κ2) is 58.0. The Morgan fingerprint density at radius 2 is 0.781 bits per heavy atom. The van der Waals surface area contributed by atoms with Crippen molar-refractivity contribution in [1.29, 1.82) is 0 Å². The van der Waals surface area contributed by atoms with E-state index in [0.717, 1.165) is 97.2 Å². The van der Waals surface area contributed by atoms with Crippen LogP contribution < -0.4 is 45.6 Å². The van der Waals surface area contributed by atoms with Gasteiger partial charge in [0.15, 0.2) is 5.69 Å². The molecule has 5 aromatic carbocycles. The van der Waals surface area contributed by atoms with Crippen molar-refractivity contribution in [1.82, 2.24) is 67.8 Å². The van der Waals surface area contributed by atoms with Crippen LogP contribution in [0.5, 0.6) is 0 Å². The van der Waals surface area contributed by atoms with E-state index >= 15 is 0 Å². The second-order valence-electron chi connectivity index (χ2n) is 31.9. The third-order valence-corrected chi connectivity index (χ3v) is 29.5. The standard InChI is InChI=1S/C17H22N4O6S.C17H20N4O5S.C17H22N4O4S.C16H20N4O6S2.C11H17N3O2.C6H4ClNO4S.CHI3.3CH4.Ir/c1-2-27-17(22)11-20-16-8-4-7-15(14(16)10-18-20)19-28(25,26)13-6-3-5-12(9-13)21(23)24;1-11(22)19-12-4-2-5-13(8-12)27(25,26)20-15-6-3-7-16-14(15)9-18-21(16)10-17(23)24;1-2-25-17(22)11-21-16-8-4-7-15(14(16)10-19-21)20-26(23,24)13-6-3-5-12(18)9-13;1-27(23,24)18-11-4-2-5-12(8-11)28(25,26)19-14-6-3-7-15-13(14)9-17-20(15)10-16(21)22;1-2-16-11(15)7-14-10-5-3-4-9(12)8(10)6-13-14;7-13(11,12)6-3-1-2-5(4-6)8(9)10;2-1(3)4;;;;/h3,5-6,9-10,15,19,21,23H,2,4,7-8,11H2,1H3;2,4-5,8-9,15,20H,3,6-7,10H2,1H3,(H,19,22)(H,23,24);3,5-6,9-10,15,20H,2,4,7-8,11,18H2,1H3;2,4-5,8-9,14,18-19H,3,6-7,10H2,1H3,(H,21,22);6,9H,2-5,7,12H2,1H3;1-4H;1H;3*1H4;. The van der Waals surface area contributed by atoms with Gasteiger partial charge in [0.2, 0.25) is 56.0 Å². The van der Waals surface area contributed by atoms with Gasteiger partial charge in [-0.1, -0.05) is 120 Å². The SMILES string of the molecule is C.C.C.CC(=O)Nc1cccc(S(=O)(=O)NC2CCCc3c2cnn3CC(=O)O)c1.CCOC(=O)Cn1ncc2c1CCCC2N.CCOC(=O)Cn1ncc2c1CCCC2NS(=O)(=O)c1cccc(N)c1.CCOC(=O)Cn1ncc2c1CCCC2NS(=O)(=O)c1cccc([NH+]([O-])O)c1.CS(=O)(=O)Nc1cccc(S(=O)(=O)NC2CCCc3c2cnn3CC(=O)O)c1.IC(I)I.O=[N+]([O-])c1cccc(S(=O)(=O)Cl)c1.[Ir]. The summed E-state index contributed by atoms with van der Waals surface area (Å²) >= 11 is 6.95. The fraction of sp³-hybridized carbons (Fsp3) is 0.420. The molecule has 58 heteroatoms. The van der Waals surface area contributed by atoms with Gasteiger partial charge >= 0.3 is 29.8 Å². The summed E-state index contributed by atoms with van der Waals surface area (Å²) in [6, 6.07) is 25.6. The number of esters is 3. The molecule has 14 N–H and O–H groups in total. The zero-order valence-electron chi connectivity index (χ0n) is 77.2. The number of hydrogen-bond acceptors (Lipinski definition) is 32. The van der Waals surface area contributed by atoms with Gasteiger partial charge in [-0.15, -0.1) is 0 Å². The van der Waals surface area contributed by atoms with Crippen molar-refractivity contribution >= 4 is 202 Å². The number of carbonyl (C=O) groups is 6. The summed E-state index contributed by atoms with van der Waals surface area (Å²) in [5.41, 5.74) is 20.3. The van der Waals surface area contributed by atoms with E-state index in [4.69, 9.17) is 51.8 Å². The predicted molar refractivity (Wildman–Crippen MR) is 561 cm³/mol. The van der Waals surface area contributed by atoms with Crippen molar-refractivity contribution in [3.63, 3.8) is 0 Å². The van der Waals surface area contributed by atoms with E-state index in [1.807, 2.05) is 0 Å². The normalized spacial score (nSPS) is 16.1. The molecule has 0 saturated carbocycles. The molecular weight excluding hydrogens is 2570 g/mol. The van der Waals surface area contributed by atoms with Crippen LogP contribution in [0.4, 0.5) is 28.4 Å². The minimum atomic E-state index is -3.93. The van der Waals surface area contributed by atoms with Crippen molar-refractivity contribution in [2.24, 2.45) is 5.73 Å². The Kier molecular flexibility index (Phi) is 50.5. The number of nitro benzene ring substituents is 1. The van der Waals surface area contributed by atoms with E-state index < -0.39 is 105 Å². The van der Waals surface area contributed by atoms with Gasteiger partial charge in [0, 0.05) is 141 Å². The summed E-state index contributed by atoms with van der Waals surface area (Å²) < 4.78 is 182. The maximum absolute atomic E-state index is 12.8. The molecule has 0 aliphatic heterocycles. The van der Waals surface area contributed by atoms with Gasteiger partial charge in [-0.2, -0.15) is 30.7 Å². The van der Waals surface area contributed by atoms with Crippen LogP contribution in [0.25, 0.3) is 0 Å². The maximum Gasteiger partial charge on any atom is 0.327 e. The Bertz CT molecular complexity index is 6900. The van der Waals surface area contributed by atoms with Gasteiger partial charge in [0.1, 0.15) is 32.7 Å². The number of carbonyl (C=O) groups excluding carboxylic acids is 4. The fourth-order valence-corrected chi connectivity index (χ4v) is 22.2. The average Bonchev–Trinajstić information content (AvgIpc) is 1.65. The first-order valence-corrected chi connectivity index (χ1v) is 57.5. The fourth-order valence-electron chi connectivity index (χ4n) is 15.7. The van der Waals surface area contributed by atoms with E-state index in [1.165, 1.54) is 114 Å². The van der Waals surface area contributed by atoms with Crippen LogP contribution in [-0.2, 0) is 187 Å². The van der Waals surface area contributed by atoms with Gasteiger partial charge in [0.05, 0.1) is 111 Å². The summed E-state index contributed by atoms with van der Waals surface area (Å²) in [6.07, 6.45) is 20.0. The van der Waals surface area contributed by atoms with Gasteiger partial charge in [0.25, 0.3) is 14.7 Å². The van der Waals surface area contributed by atoms with Crippen LogP contribution in [0.2, 0.25) is 0 Å².